The Bertz CT molecular complexity index is 856. The number of nitriles is 1. The summed E-state index contributed by atoms with van der Waals surface area (Å²) in [5.74, 6) is -1.35. The smallest absolute Gasteiger partial charge is 0.235 e. The van der Waals surface area contributed by atoms with Crippen LogP contribution in [0.3, 0.4) is 0 Å². The maximum absolute atomic E-state index is 12.6. The highest BCUT2D eigenvalue weighted by Gasteiger charge is 2.71. The largest absolute Gasteiger partial charge is 0.389 e. The number of amides is 2. The number of benzene rings is 1. The fraction of sp³-hybridized carbons (Fsp3) is 0.444. The topological polar surface area (TPSA) is 92.0 Å². The van der Waals surface area contributed by atoms with E-state index in [1.165, 1.54) is 4.90 Å². The fourth-order valence-corrected chi connectivity index (χ4v) is 4.68. The van der Waals surface area contributed by atoms with Crippen molar-refractivity contribution in [2.75, 3.05) is 6.54 Å². The maximum atomic E-state index is 12.6. The Balaban J connectivity index is 1.49. The number of hydrogen-bond donors (Lipinski definition) is 0. The number of hydrogen-bond acceptors (Lipinski definition) is 6. The van der Waals surface area contributed by atoms with E-state index in [0.717, 1.165) is 11.3 Å². The van der Waals surface area contributed by atoms with E-state index in [9.17, 15) is 9.59 Å². The molecule has 0 radical (unpaired) electrons. The zero-order chi connectivity index (χ0) is 17.3. The number of imide groups is 1. The Hall–Kier alpha value is -2.72. The third-order valence-electron chi connectivity index (χ3n) is 5.76. The second-order valence-electron chi connectivity index (χ2n) is 6.80. The molecule has 0 spiro atoms. The van der Waals surface area contributed by atoms with Crippen LogP contribution in [0.4, 0.5) is 0 Å². The van der Waals surface area contributed by atoms with Gasteiger partial charge in [0.25, 0.3) is 0 Å². The van der Waals surface area contributed by atoms with Gasteiger partial charge >= 0.3 is 0 Å². The molecule has 0 aliphatic carbocycles. The van der Waals surface area contributed by atoms with Crippen molar-refractivity contribution in [3.8, 4) is 6.07 Å². The van der Waals surface area contributed by atoms with Crippen molar-refractivity contribution in [3.63, 3.8) is 0 Å². The van der Waals surface area contributed by atoms with E-state index in [2.05, 4.69) is 11.2 Å². The van der Waals surface area contributed by atoms with Gasteiger partial charge in [-0.1, -0.05) is 17.3 Å². The number of ether oxygens (including phenoxy) is 1. The van der Waals surface area contributed by atoms with Crippen LogP contribution in [0.5, 0.6) is 0 Å². The van der Waals surface area contributed by atoms with Crippen LogP contribution in [0.1, 0.15) is 18.1 Å². The molecule has 1 aromatic carbocycles. The molecule has 4 heterocycles. The molecule has 0 aromatic heterocycles. The van der Waals surface area contributed by atoms with Crippen molar-refractivity contribution in [3.05, 3.63) is 35.4 Å². The molecular formula is C18H15N3O4. The molecule has 2 bridgehead atoms. The van der Waals surface area contributed by atoms with E-state index >= 15 is 0 Å². The third kappa shape index (κ3) is 1.70. The van der Waals surface area contributed by atoms with Crippen LogP contribution >= 0.6 is 0 Å². The number of likely N-dealkylation sites (tertiary alicyclic amines) is 1. The molecule has 0 N–H and O–H groups in total. The maximum Gasteiger partial charge on any atom is 0.235 e. The van der Waals surface area contributed by atoms with Gasteiger partial charge in [0.05, 0.1) is 41.2 Å². The summed E-state index contributed by atoms with van der Waals surface area (Å²) in [7, 11) is 0. The first-order valence-electron chi connectivity index (χ1n) is 8.40. The molecule has 5 rings (SSSR count). The molecule has 2 amide bonds. The van der Waals surface area contributed by atoms with Crippen LogP contribution in [0.2, 0.25) is 0 Å². The lowest BCUT2D eigenvalue weighted by molar-refractivity contribution is -0.142. The van der Waals surface area contributed by atoms with Gasteiger partial charge in [-0.2, -0.15) is 5.26 Å². The highest BCUT2D eigenvalue weighted by atomic mass is 16.7. The Labute approximate surface area is 143 Å². The van der Waals surface area contributed by atoms with Gasteiger partial charge in [0, 0.05) is 6.54 Å². The van der Waals surface area contributed by atoms with E-state index in [1.807, 2.05) is 12.1 Å². The lowest BCUT2D eigenvalue weighted by atomic mass is 9.71. The van der Waals surface area contributed by atoms with E-state index in [1.54, 1.807) is 19.1 Å². The summed E-state index contributed by atoms with van der Waals surface area (Å²) < 4.78 is 6.01. The van der Waals surface area contributed by atoms with Crippen molar-refractivity contribution in [2.24, 2.45) is 22.9 Å². The fourth-order valence-electron chi connectivity index (χ4n) is 4.68. The first kappa shape index (κ1) is 14.6. The molecule has 7 nitrogen and oxygen atoms in total. The van der Waals surface area contributed by atoms with E-state index in [0.29, 0.717) is 12.1 Å². The quantitative estimate of drug-likeness (QED) is 0.740. The standard InChI is InChI=1S/C18H15N3O4/c1-2-21-17(22)10-11(18(21)23)15-16-12(14(10)24-15)13(20-25-16)9-5-3-8(7-19)4-6-9/h3-6,10-12,14-16H,2H2,1H3. The van der Waals surface area contributed by atoms with Crippen LogP contribution in [-0.4, -0.2) is 47.3 Å². The molecule has 1 aromatic rings. The van der Waals surface area contributed by atoms with Crippen LogP contribution < -0.4 is 0 Å². The third-order valence-corrected chi connectivity index (χ3v) is 5.76. The van der Waals surface area contributed by atoms with Crippen LogP contribution in [0, 0.1) is 29.1 Å². The number of oxime groups is 1. The molecule has 4 aliphatic heterocycles. The Morgan fingerprint density at radius 1 is 1.08 bits per heavy atom. The summed E-state index contributed by atoms with van der Waals surface area (Å²) >= 11 is 0. The van der Waals surface area contributed by atoms with Gasteiger partial charge in [-0.3, -0.25) is 14.5 Å². The summed E-state index contributed by atoms with van der Waals surface area (Å²) in [6, 6.07) is 9.19. The minimum Gasteiger partial charge on any atom is -0.389 e. The monoisotopic (exact) mass is 337 g/mol. The zero-order valence-electron chi connectivity index (χ0n) is 13.5. The number of fused-ring (bicyclic) bond motifs is 8. The summed E-state index contributed by atoms with van der Waals surface area (Å²) in [5.41, 5.74) is 2.15. The van der Waals surface area contributed by atoms with Crippen LogP contribution in [0.15, 0.2) is 29.4 Å². The lowest BCUT2D eigenvalue weighted by Crippen LogP contribution is -2.45. The zero-order valence-corrected chi connectivity index (χ0v) is 13.5. The molecule has 126 valence electrons. The van der Waals surface area contributed by atoms with Gasteiger partial charge < -0.3 is 9.57 Å². The molecule has 3 saturated heterocycles. The van der Waals surface area contributed by atoms with Gasteiger partial charge in [-0.15, -0.1) is 0 Å². The van der Waals surface area contributed by atoms with Gasteiger partial charge in [-0.05, 0) is 24.6 Å². The predicted octanol–water partition coefficient (Wildman–Crippen LogP) is 0.679. The molecule has 3 fully saturated rings. The SMILES string of the molecule is CCN1C(=O)C2C3OC(C4C(c5ccc(C#N)cc5)=NOC34)C2C1=O. The van der Waals surface area contributed by atoms with Crippen molar-refractivity contribution in [2.45, 2.75) is 25.2 Å². The van der Waals surface area contributed by atoms with Gasteiger partial charge in [0.15, 0.2) is 6.10 Å². The van der Waals surface area contributed by atoms with Crippen molar-refractivity contribution < 1.29 is 19.2 Å². The first-order chi connectivity index (χ1) is 12.2. The summed E-state index contributed by atoms with van der Waals surface area (Å²) in [4.78, 5) is 32.1. The molecular weight excluding hydrogens is 322 g/mol. The summed E-state index contributed by atoms with van der Waals surface area (Å²) in [5, 5.41) is 13.2. The van der Waals surface area contributed by atoms with Crippen molar-refractivity contribution in [1.29, 1.82) is 5.26 Å². The first-order valence-corrected chi connectivity index (χ1v) is 8.40. The highest BCUT2D eigenvalue weighted by molar-refractivity contribution is 6.09. The molecule has 0 saturated carbocycles. The summed E-state index contributed by atoms with van der Waals surface area (Å²) in [6.07, 6.45) is -1.14. The average molecular weight is 337 g/mol. The molecule has 25 heavy (non-hydrogen) atoms. The Morgan fingerprint density at radius 3 is 2.40 bits per heavy atom. The normalized spacial score (nSPS) is 37.6. The van der Waals surface area contributed by atoms with E-state index < -0.39 is 17.9 Å². The number of carbonyl (C=O) groups excluding carboxylic acids is 2. The molecule has 6 unspecified atom stereocenters. The van der Waals surface area contributed by atoms with Crippen LogP contribution in [0.25, 0.3) is 0 Å². The lowest BCUT2D eigenvalue weighted by Gasteiger charge is -2.26. The minimum absolute atomic E-state index is 0.144. The molecule has 6 atom stereocenters. The number of nitrogens with zero attached hydrogens (tertiary/aromatic N) is 3. The average Bonchev–Trinajstić information content (AvgIpc) is 3.35. The van der Waals surface area contributed by atoms with Crippen molar-refractivity contribution in [1.82, 2.24) is 4.90 Å². The molecule has 7 heteroatoms. The second-order valence-corrected chi connectivity index (χ2v) is 6.80. The van der Waals surface area contributed by atoms with Gasteiger partial charge in [-0.25, -0.2) is 0 Å². The van der Waals surface area contributed by atoms with E-state index in [4.69, 9.17) is 14.8 Å². The van der Waals surface area contributed by atoms with Gasteiger partial charge in [0.2, 0.25) is 11.8 Å². The van der Waals surface area contributed by atoms with Crippen molar-refractivity contribution >= 4 is 17.5 Å². The number of rotatable bonds is 2. The van der Waals surface area contributed by atoms with Crippen LogP contribution in [-0.2, 0) is 19.2 Å². The predicted molar refractivity (Wildman–Crippen MR) is 84.1 cm³/mol. The Kier molecular flexibility index (Phi) is 2.86. The highest BCUT2D eigenvalue weighted by Crippen LogP contribution is 2.54. The molecule has 4 aliphatic rings. The van der Waals surface area contributed by atoms with E-state index in [-0.39, 0.29) is 29.9 Å². The second kappa shape index (κ2) is 4.90. The summed E-state index contributed by atoms with van der Waals surface area (Å²) in [6.45, 7) is 2.19. The number of carbonyl (C=O) groups is 2. The van der Waals surface area contributed by atoms with Gasteiger partial charge in [0.1, 0.15) is 6.10 Å². The Morgan fingerprint density at radius 2 is 1.76 bits per heavy atom. The minimum atomic E-state index is -0.450.